The van der Waals surface area contributed by atoms with Crippen molar-refractivity contribution in [2.75, 3.05) is 0 Å². The second-order valence-electron chi connectivity index (χ2n) is 3.26. The number of aromatic nitrogens is 1. The third kappa shape index (κ3) is 2.01. The van der Waals surface area contributed by atoms with Gasteiger partial charge >= 0.3 is 11.9 Å². The summed E-state index contributed by atoms with van der Waals surface area (Å²) >= 11 is 0.822. The van der Waals surface area contributed by atoms with E-state index in [0.29, 0.717) is 10.2 Å². The van der Waals surface area contributed by atoms with Gasteiger partial charge in [0.2, 0.25) is 0 Å². The van der Waals surface area contributed by atoms with E-state index in [1.807, 2.05) is 0 Å². The number of benzene rings is 1. The number of carboxylic acid groups (broad SMARTS) is 1. The summed E-state index contributed by atoms with van der Waals surface area (Å²) in [6.07, 6.45) is -1.23. The molecular weight excluding hydrogens is 236 g/mol. The minimum Gasteiger partial charge on any atom is -0.481 e. The molecule has 2 aromatic rings. The van der Waals surface area contributed by atoms with Gasteiger partial charge in [-0.25, -0.2) is 4.98 Å². The molecule has 16 heavy (non-hydrogen) atoms. The number of alkyl halides is 2. The number of carboxylic acids is 1. The van der Waals surface area contributed by atoms with E-state index in [2.05, 4.69) is 4.98 Å². The highest BCUT2D eigenvalue weighted by atomic mass is 32.1. The van der Waals surface area contributed by atoms with Crippen molar-refractivity contribution in [2.24, 2.45) is 0 Å². The Bertz CT molecular complexity index is 505. The maximum absolute atomic E-state index is 13.4. The number of carbonyl (C=O) groups is 1. The van der Waals surface area contributed by atoms with Crippen LogP contribution in [0.25, 0.3) is 10.2 Å². The Morgan fingerprint density at radius 2 is 2.12 bits per heavy atom. The first kappa shape index (κ1) is 10.9. The number of hydrogen-bond donors (Lipinski definition) is 1. The zero-order chi connectivity index (χ0) is 11.8. The highest BCUT2D eigenvalue weighted by Crippen LogP contribution is 2.36. The smallest absolute Gasteiger partial charge is 0.309 e. The SMILES string of the molecule is O=C(O)CC(F)(F)c1nc2ccccc2s1. The van der Waals surface area contributed by atoms with Crippen LogP contribution in [-0.4, -0.2) is 16.1 Å². The number of aliphatic carboxylic acids is 1. The highest BCUT2D eigenvalue weighted by Gasteiger charge is 2.38. The van der Waals surface area contributed by atoms with Crippen LogP contribution in [0.15, 0.2) is 24.3 Å². The maximum atomic E-state index is 13.4. The fourth-order valence-corrected chi connectivity index (χ4v) is 2.23. The van der Waals surface area contributed by atoms with Gasteiger partial charge in [0.05, 0.1) is 10.2 Å². The molecule has 6 heteroatoms. The van der Waals surface area contributed by atoms with Crippen molar-refractivity contribution in [3.63, 3.8) is 0 Å². The van der Waals surface area contributed by atoms with Crippen LogP contribution in [0, 0.1) is 0 Å². The van der Waals surface area contributed by atoms with Crippen LogP contribution in [0.2, 0.25) is 0 Å². The fourth-order valence-electron chi connectivity index (χ4n) is 1.29. The molecule has 1 aromatic heterocycles. The Labute approximate surface area is 93.4 Å². The molecule has 2 rings (SSSR count). The molecule has 0 saturated heterocycles. The molecule has 0 aliphatic rings. The second-order valence-corrected chi connectivity index (χ2v) is 4.29. The van der Waals surface area contributed by atoms with E-state index in [-0.39, 0.29) is 0 Å². The van der Waals surface area contributed by atoms with E-state index in [4.69, 9.17) is 5.11 Å². The van der Waals surface area contributed by atoms with Crippen molar-refractivity contribution < 1.29 is 18.7 Å². The van der Waals surface area contributed by atoms with E-state index in [9.17, 15) is 13.6 Å². The average molecular weight is 243 g/mol. The zero-order valence-electron chi connectivity index (χ0n) is 7.98. The zero-order valence-corrected chi connectivity index (χ0v) is 8.80. The summed E-state index contributed by atoms with van der Waals surface area (Å²) in [5.41, 5.74) is 0.465. The van der Waals surface area contributed by atoms with Crippen LogP contribution in [-0.2, 0) is 10.7 Å². The summed E-state index contributed by atoms with van der Waals surface area (Å²) in [4.78, 5) is 14.0. The van der Waals surface area contributed by atoms with Crippen molar-refractivity contribution >= 4 is 27.5 Å². The minimum atomic E-state index is -3.41. The van der Waals surface area contributed by atoms with Gasteiger partial charge in [-0.2, -0.15) is 8.78 Å². The van der Waals surface area contributed by atoms with Gasteiger partial charge in [0.1, 0.15) is 6.42 Å². The number of thiazole rings is 1. The van der Waals surface area contributed by atoms with Crippen LogP contribution in [0.5, 0.6) is 0 Å². The lowest BCUT2D eigenvalue weighted by Gasteiger charge is -2.09. The number of hydrogen-bond acceptors (Lipinski definition) is 3. The van der Waals surface area contributed by atoms with Crippen molar-refractivity contribution in [1.82, 2.24) is 4.98 Å². The highest BCUT2D eigenvalue weighted by molar-refractivity contribution is 7.18. The summed E-state index contributed by atoms with van der Waals surface area (Å²) in [5.74, 6) is -4.94. The standard InChI is InChI=1S/C10H7F2NO2S/c11-10(12,5-8(14)15)9-13-6-3-1-2-4-7(6)16-9/h1-4H,5H2,(H,14,15). The molecule has 84 valence electrons. The quantitative estimate of drug-likeness (QED) is 0.901. The predicted molar refractivity (Wildman–Crippen MR) is 55.8 cm³/mol. The second kappa shape index (κ2) is 3.79. The van der Waals surface area contributed by atoms with E-state index >= 15 is 0 Å². The topological polar surface area (TPSA) is 50.2 Å². The number of fused-ring (bicyclic) bond motifs is 1. The largest absolute Gasteiger partial charge is 0.481 e. The van der Waals surface area contributed by atoms with Crippen LogP contribution >= 0.6 is 11.3 Å². The van der Waals surface area contributed by atoms with Gasteiger partial charge in [-0.15, -0.1) is 11.3 Å². The average Bonchev–Trinajstić information content (AvgIpc) is 2.59. The van der Waals surface area contributed by atoms with Crippen molar-refractivity contribution in [3.8, 4) is 0 Å². The van der Waals surface area contributed by atoms with Crippen LogP contribution < -0.4 is 0 Å². The van der Waals surface area contributed by atoms with Gasteiger partial charge < -0.3 is 5.11 Å². The van der Waals surface area contributed by atoms with E-state index in [1.54, 1.807) is 24.3 Å². The van der Waals surface area contributed by atoms with Gasteiger partial charge in [-0.3, -0.25) is 4.79 Å². The Morgan fingerprint density at radius 1 is 1.44 bits per heavy atom. The van der Waals surface area contributed by atoms with E-state index < -0.39 is 23.3 Å². The van der Waals surface area contributed by atoms with Crippen molar-refractivity contribution in [2.45, 2.75) is 12.3 Å². The van der Waals surface area contributed by atoms with Crippen LogP contribution in [0.1, 0.15) is 11.4 Å². The molecule has 0 amide bonds. The van der Waals surface area contributed by atoms with Gasteiger partial charge in [-0.1, -0.05) is 12.1 Å². The molecule has 0 fully saturated rings. The third-order valence-electron chi connectivity index (χ3n) is 1.98. The Balaban J connectivity index is 2.43. The summed E-state index contributed by atoms with van der Waals surface area (Å²) in [7, 11) is 0. The molecule has 0 aliphatic heterocycles. The minimum absolute atomic E-state index is 0.448. The first-order valence-electron chi connectivity index (χ1n) is 4.45. The Morgan fingerprint density at radius 3 is 2.75 bits per heavy atom. The van der Waals surface area contributed by atoms with Gasteiger partial charge in [0, 0.05) is 0 Å². The van der Waals surface area contributed by atoms with Gasteiger partial charge in [0.15, 0.2) is 5.01 Å². The summed E-state index contributed by atoms with van der Waals surface area (Å²) in [6.45, 7) is 0. The lowest BCUT2D eigenvalue weighted by Crippen LogP contribution is -2.18. The molecule has 1 heterocycles. The fraction of sp³-hybridized carbons (Fsp3) is 0.200. The molecule has 0 radical (unpaired) electrons. The normalized spacial score (nSPS) is 11.9. The molecule has 3 nitrogen and oxygen atoms in total. The molecule has 0 spiro atoms. The Kier molecular flexibility index (Phi) is 2.59. The number of halogens is 2. The molecule has 0 atom stereocenters. The monoisotopic (exact) mass is 243 g/mol. The molecule has 0 saturated carbocycles. The first-order chi connectivity index (χ1) is 7.49. The number of rotatable bonds is 3. The summed E-state index contributed by atoms with van der Waals surface area (Å²) in [6, 6.07) is 6.71. The molecular formula is C10H7F2NO2S. The molecule has 1 N–H and O–H groups in total. The summed E-state index contributed by atoms with van der Waals surface area (Å²) in [5, 5.41) is 7.93. The van der Waals surface area contributed by atoms with E-state index in [1.165, 1.54) is 0 Å². The number of nitrogens with zero attached hydrogens (tertiary/aromatic N) is 1. The van der Waals surface area contributed by atoms with Crippen LogP contribution in [0.3, 0.4) is 0 Å². The number of para-hydroxylation sites is 1. The van der Waals surface area contributed by atoms with Gasteiger partial charge in [-0.05, 0) is 12.1 Å². The van der Waals surface area contributed by atoms with Crippen molar-refractivity contribution in [3.05, 3.63) is 29.3 Å². The molecule has 0 unspecified atom stereocenters. The van der Waals surface area contributed by atoms with Gasteiger partial charge in [0.25, 0.3) is 0 Å². The Hall–Kier alpha value is -1.56. The predicted octanol–water partition coefficient (Wildman–Crippen LogP) is 2.86. The lowest BCUT2D eigenvalue weighted by molar-refractivity contribution is -0.145. The van der Waals surface area contributed by atoms with E-state index in [0.717, 1.165) is 11.3 Å². The van der Waals surface area contributed by atoms with Crippen molar-refractivity contribution in [1.29, 1.82) is 0 Å². The lowest BCUT2D eigenvalue weighted by atomic mass is 10.2. The summed E-state index contributed by atoms with van der Waals surface area (Å²) < 4.78 is 27.5. The molecule has 0 aliphatic carbocycles. The first-order valence-corrected chi connectivity index (χ1v) is 5.26. The molecule has 0 bridgehead atoms. The maximum Gasteiger partial charge on any atom is 0.309 e. The van der Waals surface area contributed by atoms with Crippen LogP contribution in [0.4, 0.5) is 8.78 Å². The third-order valence-corrected chi connectivity index (χ3v) is 3.13. The molecule has 1 aromatic carbocycles.